The van der Waals surface area contributed by atoms with Gasteiger partial charge in [-0.05, 0) is 36.1 Å². The van der Waals surface area contributed by atoms with Gasteiger partial charge in [0.15, 0.2) is 11.6 Å². The maximum Gasteiger partial charge on any atom is 0.164 e. The molecule has 1 unspecified atom stereocenters. The number of hydrogen-bond acceptors (Lipinski definition) is 3. The highest BCUT2D eigenvalue weighted by molar-refractivity contribution is 5.60. The Labute approximate surface area is 124 Å². The van der Waals surface area contributed by atoms with Crippen LogP contribution in [0.4, 0.5) is 4.39 Å². The van der Waals surface area contributed by atoms with Crippen molar-refractivity contribution in [3.05, 3.63) is 35.4 Å². The molecule has 0 amide bonds. The average molecular weight is 288 g/mol. The Hall–Kier alpha value is -1.75. The van der Waals surface area contributed by atoms with Gasteiger partial charge in [0.1, 0.15) is 5.82 Å². The van der Waals surface area contributed by atoms with Crippen molar-refractivity contribution in [2.24, 2.45) is 5.41 Å². The summed E-state index contributed by atoms with van der Waals surface area (Å²) in [5.41, 5.74) is 1.90. The van der Waals surface area contributed by atoms with Gasteiger partial charge in [-0.1, -0.05) is 20.8 Å². The van der Waals surface area contributed by atoms with Crippen LogP contribution in [-0.2, 0) is 6.54 Å². The molecule has 0 saturated heterocycles. The van der Waals surface area contributed by atoms with Gasteiger partial charge >= 0.3 is 0 Å². The Morgan fingerprint density at radius 2 is 2.05 bits per heavy atom. The average Bonchev–Trinajstić information content (AvgIpc) is 2.81. The molecule has 1 N–H and O–H groups in total. The number of halogens is 1. The molecule has 1 aromatic heterocycles. The van der Waals surface area contributed by atoms with E-state index < -0.39 is 0 Å². The second-order valence-corrected chi connectivity index (χ2v) is 6.75. The highest BCUT2D eigenvalue weighted by Gasteiger charge is 2.34. The molecular formula is C16H21FN4. The molecule has 2 aromatic rings. The number of fused-ring (bicyclic) bond motifs is 1. The van der Waals surface area contributed by atoms with Crippen molar-refractivity contribution in [2.45, 2.75) is 40.3 Å². The van der Waals surface area contributed by atoms with Crippen LogP contribution >= 0.6 is 0 Å². The molecule has 1 aromatic carbocycles. The smallest absolute Gasteiger partial charge is 0.164 e. The number of hydrogen-bond donors (Lipinski definition) is 1. The standard InChI is InChI=1S/C16H21FN4/c1-10-9-11(17)5-6-12(10)14-19-20-15-13(16(2,3)4)18-7-8-21(14)15/h5-6,9,13,18H,7-8H2,1-4H3. The first-order valence-electron chi connectivity index (χ1n) is 7.31. The van der Waals surface area contributed by atoms with E-state index in [0.717, 1.165) is 35.9 Å². The number of nitrogens with one attached hydrogen (secondary N) is 1. The molecule has 1 aliphatic rings. The molecule has 4 nitrogen and oxygen atoms in total. The van der Waals surface area contributed by atoms with Gasteiger partial charge in [0, 0.05) is 18.7 Å². The fourth-order valence-corrected chi connectivity index (χ4v) is 2.93. The lowest BCUT2D eigenvalue weighted by atomic mass is 9.85. The van der Waals surface area contributed by atoms with Crippen LogP contribution < -0.4 is 5.32 Å². The lowest BCUT2D eigenvalue weighted by Crippen LogP contribution is -2.40. The molecule has 0 aliphatic carbocycles. The summed E-state index contributed by atoms with van der Waals surface area (Å²) in [5.74, 6) is 1.58. The fourth-order valence-electron chi connectivity index (χ4n) is 2.93. The van der Waals surface area contributed by atoms with Gasteiger partial charge in [-0.3, -0.25) is 0 Å². The van der Waals surface area contributed by atoms with E-state index in [9.17, 15) is 4.39 Å². The van der Waals surface area contributed by atoms with Gasteiger partial charge in [-0.25, -0.2) is 4.39 Å². The van der Waals surface area contributed by atoms with Gasteiger partial charge < -0.3 is 9.88 Å². The van der Waals surface area contributed by atoms with Gasteiger partial charge in [0.05, 0.1) is 6.04 Å². The molecule has 0 fully saturated rings. The molecule has 21 heavy (non-hydrogen) atoms. The van der Waals surface area contributed by atoms with Crippen LogP contribution in [-0.4, -0.2) is 21.3 Å². The molecule has 112 valence electrons. The number of benzene rings is 1. The molecule has 0 bridgehead atoms. The molecule has 0 spiro atoms. The summed E-state index contributed by atoms with van der Waals surface area (Å²) >= 11 is 0. The molecule has 0 radical (unpaired) electrons. The summed E-state index contributed by atoms with van der Waals surface area (Å²) in [6.07, 6.45) is 0. The van der Waals surface area contributed by atoms with Gasteiger partial charge in [0.25, 0.3) is 0 Å². The van der Waals surface area contributed by atoms with E-state index in [1.807, 2.05) is 6.92 Å². The molecule has 5 heteroatoms. The Morgan fingerprint density at radius 3 is 2.71 bits per heavy atom. The van der Waals surface area contributed by atoms with Crippen LogP contribution in [0.1, 0.15) is 38.2 Å². The van der Waals surface area contributed by atoms with Crippen LogP contribution in [0.25, 0.3) is 11.4 Å². The summed E-state index contributed by atoms with van der Waals surface area (Å²) in [5, 5.41) is 12.3. The molecule has 1 atom stereocenters. The van der Waals surface area contributed by atoms with Crippen LogP contribution in [0, 0.1) is 18.2 Å². The molecule has 2 heterocycles. The fraction of sp³-hybridized carbons (Fsp3) is 0.500. The van der Waals surface area contributed by atoms with Crippen LogP contribution in [0.15, 0.2) is 18.2 Å². The lowest BCUT2D eigenvalue weighted by molar-refractivity contribution is 0.234. The SMILES string of the molecule is Cc1cc(F)ccc1-c1nnc2n1CCNC2C(C)(C)C. The zero-order valence-corrected chi connectivity index (χ0v) is 12.9. The molecule has 1 aliphatic heterocycles. The Balaban J connectivity index is 2.09. The number of aryl methyl sites for hydroxylation is 1. The van der Waals surface area contributed by atoms with E-state index in [1.54, 1.807) is 12.1 Å². The highest BCUT2D eigenvalue weighted by atomic mass is 19.1. The number of rotatable bonds is 1. The normalized spacial score (nSPS) is 18.6. The second kappa shape index (κ2) is 4.91. The largest absolute Gasteiger partial charge is 0.308 e. The van der Waals surface area contributed by atoms with Gasteiger partial charge in [-0.15, -0.1) is 10.2 Å². The first-order valence-corrected chi connectivity index (χ1v) is 7.31. The predicted octanol–water partition coefficient (Wildman–Crippen LogP) is 3.08. The quantitative estimate of drug-likeness (QED) is 0.877. The zero-order valence-electron chi connectivity index (χ0n) is 12.9. The first-order chi connectivity index (χ1) is 9.88. The van der Waals surface area contributed by atoms with E-state index in [2.05, 4.69) is 40.9 Å². The summed E-state index contributed by atoms with van der Waals surface area (Å²) in [6.45, 7) is 10.2. The van der Waals surface area contributed by atoms with Crippen molar-refractivity contribution in [1.29, 1.82) is 0 Å². The summed E-state index contributed by atoms with van der Waals surface area (Å²) in [4.78, 5) is 0. The van der Waals surface area contributed by atoms with Crippen molar-refractivity contribution in [2.75, 3.05) is 6.54 Å². The second-order valence-electron chi connectivity index (χ2n) is 6.75. The minimum absolute atomic E-state index is 0.0698. The summed E-state index contributed by atoms with van der Waals surface area (Å²) in [7, 11) is 0. The maximum absolute atomic E-state index is 13.3. The Kier molecular flexibility index (Phi) is 3.32. The van der Waals surface area contributed by atoms with E-state index in [0.29, 0.717) is 0 Å². The Morgan fingerprint density at radius 1 is 1.29 bits per heavy atom. The van der Waals surface area contributed by atoms with Crippen LogP contribution in [0.2, 0.25) is 0 Å². The third kappa shape index (κ3) is 2.46. The zero-order chi connectivity index (χ0) is 15.2. The van der Waals surface area contributed by atoms with Gasteiger partial charge in [-0.2, -0.15) is 0 Å². The van der Waals surface area contributed by atoms with Crippen molar-refractivity contribution in [1.82, 2.24) is 20.1 Å². The number of nitrogens with zero attached hydrogens (tertiary/aromatic N) is 3. The van der Waals surface area contributed by atoms with Crippen molar-refractivity contribution in [3.63, 3.8) is 0 Å². The van der Waals surface area contributed by atoms with E-state index >= 15 is 0 Å². The topological polar surface area (TPSA) is 42.7 Å². The maximum atomic E-state index is 13.3. The Bertz CT molecular complexity index is 669. The molecular weight excluding hydrogens is 267 g/mol. The van der Waals surface area contributed by atoms with Gasteiger partial charge in [0.2, 0.25) is 0 Å². The van der Waals surface area contributed by atoms with E-state index in [-0.39, 0.29) is 17.3 Å². The molecule has 3 rings (SSSR count). The molecule has 0 saturated carbocycles. The third-order valence-electron chi connectivity index (χ3n) is 4.02. The first kappa shape index (κ1) is 14.2. The van der Waals surface area contributed by atoms with Crippen molar-refractivity contribution < 1.29 is 4.39 Å². The minimum atomic E-state index is -0.219. The van der Waals surface area contributed by atoms with Crippen LogP contribution in [0.5, 0.6) is 0 Å². The van der Waals surface area contributed by atoms with Crippen molar-refractivity contribution >= 4 is 0 Å². The lowest BCUT2D eigenvalue weighted by Gasteiger charge is -2.34. The minimum Gasteiger partial charge on any atom is -0.308 e. The predicted molar refractivity (Wildman–Crippen MR) is 80.4 cm³/mol. The summed E-state index contributed by atoms with van der Waals surface area (Å²) in [6, 6.07) is 4.98. The summed E-state index contributed by atoms with van der Waals surface area (Å²) < 4.78 is 15.5. The van der Waals surface area contributed by atoms with E-state index in [4.69, 9.17) is 0 Å². The highest BCUT2D eigenvalue weighted by Crippen LogP contribution is 2.35. The number of aromatic nitrogens is 3. The third-order valence-corrected chi connectivity index (χ3v) is 4.02. The van der Waals surface area contributed by atoms with E-state index in [1.165, 1.54) is 6.07 Å². The monoisotopic (exact) mass is 288 g/mol. The van der Waals surface area contributed by atoms with Crippen molar-refractivity contribution in [3.8, 4) is 11.4 Å². The van der Waals surface area contributed by atoms with Crippen LogP contribution in [0.3, 0.4) is 0 Å².